The molecule has 2 rings (SSSR count). The molecule has 1 aliphatic carbocycles. The quantitative estimate of drug-likeness (QED) is 0.705. The number of nitrogens with two attached hydrogens (primary N) is 1. The van der Waals surface area contributed by atoms with Crippen LogP contribution in [0.2, 0.25) is 0 Å². The van der Waals surface area contributed by atoms with Crippen LogP contribution in [0.1, 0.15) is 33.1 Å². The summed E-state index contributed by atoms with van der Waals surface area (Å²) in [6, 6.07) is 0.146. The second-order valence-electron chi connectivity index (χ2n) is 5.92. The van der Waals surface area contributed by atoms with E-state index in [1.807, 2.05) is 4.90 Å². The summed E-state index contributed by atoms with van der Waals surface area (Å²) in [5.41, 5.74) is 6.07. The number of carbonyl (C=O) groups excluding carboxylic acids is 1. The number of rotatable bonds is 1. The molecule has 1 saturated carbocycles. The standard InChI is InChI=1S/C13H24N2O2/c1-8-5-9(2)12(14)6-11(8)13(17)15-4-3-10(16)7-15/h8-12,16H,3-7,14H2,1-2H3. The Labute approximate surface area is 103 Å². The lowest BCUT2D eigenvalue weighted by Gasteiger charge is -2.37. The second-order valence-corrected chi connectivity index (χ2v) is 5.92. The highest BCUT2D eigenvalue weighted by Crippen LogP contribution is 2.34. The van der Waals surface area contributed by atoms with Crippen LogP contribution < -0.4 is 5.73 Å². The van der Waals surface area contributed by atoms with Crippen LogP contribution in [-0.2, 0) is 4.79 Å². The number of nitrogens with zero attached hydrogens (tertiary/aromatic N) is 1. The molecule has 1 heterocycles. The molecule has 4 nitrogen and oxygen atoms in total. The molecule has 3 N–H and O–H groups in total. The van der Waals surface area contributed by atoms with Gasteiger partial charge in [-0.3, -0.25) is 4.79 Å². The SMILES string of the molecule is CC1CC(C)C(C(=O)N2CCC(O)C2)CC1N. The molecule has 5 atom stereocenters. The fourth-order valence-electron chi connectivity index (χ4n) is 3.20. The first-order valence-corrected chi connectivity index (χ1v) is 6.71. The summed E-state index contributed by atoms with van der Waals surface area (Å²) in [5, 5.41) is 9.49. The Morgan fingerprint density at radius 2 is 2.00 bits per heavy atom. The molecular formula is C13H24N2O2. The van der Waals surface area contributed by atoms with Gasteiger partial charge in [-0.05, 0) is 31.1 Å². The van der Waals surface area contributed by atoms with Crippen LogP contribution in [0.3, 0.4) is 0 Å². The van der Waals surface area contributed by atoms with Gasteiger partial charge in [-0.1, -0.05) is 13.8 Å². The number of aliphatic hydroxyl groups is 1. The van der Waals surface area contributed by atoms with E-state index in [0.29, 0.717) is 24.9 Å². The van der Waals surface area contributed by atoms with Crippen molar-refractivity contribution in [3.05, 3.63) is 0 Å². The van der Waals surface area contributed by atoms with Crippen molar-refractivity contribution in [1.82, 2.24) is 4.90 Å². The Bertz CT molecular complexity index is 295. The molecule has 98 valence electrons. The van der Waals surface area contributed by atoms with E-state index in [9.17, 15) is 9.90 Å². The molecule has 4 heteroatoms. The average molecular weight is 240 g/mol. The largest absolute Gasteiger partial charge is 0.391 e. The monoisotopic (exact) mass is 240 g/mol. The van der Waals surface area contributed by atoms with Gasteiger partial charge in [-0.2, -0.15) is 0 Å². The molecule has 1 saturated heterocycles. The number of hydrogen-bond acceptors (Lipinski definition) is 3. The molecule has 0 radical (unpaired) electrons. The van der Waals surface area contributed by atoms with E-state index in [-0.39, 0.29) is 24.0 Å². The predicted molar refractivity (Wildman–Crippen MR) is 66.2 cm³/mol. The maximum Gasteiger partial charge on any atom is 0.226 e. The fourth-order valence-corrected chi connectivity index (χ4v) is 3.20. The third kappa shape index (κ3) is 2.63. The van der Waals surface area contributed by atoms with Crippen LogP contribution in [0.25, 0.3) is 0 Å². The minimum Gasteiger partial charge on any atom is -0.391 e. The van der Waals surface area contributed by atoms with Crippen molar-refractivity contribution in [2.75, 3.05) is 13.1 Å². The summed E-state index contributed by atoms with van der Waals surface area (Å²) in [5.74, 6) is 1.19. The van der Waals surface area contributed by atoms with Crippen LogP contribution in [0, 0.1) is 17.8 Å². The molecule has 0 aromatic carbocycles. The highest BCUT2D eigenvalue weighted by Gasteiger charge is 2.38. The lowest BCUT2D eigenvalue weighted by Crippen LogP contribution is -2.46. The van der Waals surface area contributed by atoms with Gasteiger partial charge in [0.25, 0.3) is 0 Å². The van der Waals surface area contributed by atoms with E-state index < -0.39 is 0 Å². The third-order valence-electron chi connectivity index (χ3n) is 4.48. The number of aliphatic hydroxyl groups excluding tert-OH is 1. The Balaban J connectivity index is 1.99. The molecule has 2 aliphatic rings. The van der Waals surface area contributed by atoms with E-state index in [0.717, 1.165) is 19.3 Å². The minimum absolute atomic E-state index is 0.0616. The first-order valence-electron chi connectivity index (χ1n) is 6.71. The fraction of sp³-hybridized carbons (Fsp3) is 0.923. The van der Waals surface area contributed by atoms with Crippen LogP contribution in [0.15, 0.2) is 0 Å². The number of likely N-dealkylation sites (tertiary alicyclic amines) is 1. The smallest absolute Gasteiger partial charge is 0.226 e. The minimum atomic E-state index is -0.328. The highest BCUT2D eigenvalue weighted by molar-refractivity contribution is 5.79. The molecule has 5 unspecified atom stereocenters. The van der Waals surface area contributed by atoms with E-state index in [1.165, 1.54) is 0 Å². The zero-order chi connectivity index (χ0) is 12.6. The summed E-state index contributed by atoms with van der Waals surface area (Å²) < 4.78 is 0. The molecular weight excluding hydrogens is 216 g/mol. The highest BCUT2D eigenvalue weighted by atomic mass is 16.3. The molecule has 1 aliphatic heterocycles. The van der Waals surface area contributed by atoms with Crippen LogP contribution in [0.5, 0.6) is 0 Å². The van der Waals surface area contributed by atoms with Gasteiger partial charge in [0.1, 0.15) is 0 Å². The van der Waals surface area contributed by atoms with Gasteiger partial charge < -0.3 is 15.7 Å². The lowest BCUT2D eigenvalue weighted by molar-refractivity contribution is -0.138. The normalized spacial score (nSPS) is 42.8. The van der Waals surface area contributed by atoms with Gasteiger partial charge in [-0.15, -0.1) is 0 Å². The van der Waals surface area contributed by atoms with Crippen molar-refractivity contribution in [1.29, 1.82) is 0 Å². The van der Waals surface area contributed by atoms with E-state index in [1.54, 1.807) is 0 Å². The Hall–Kier alpha value is -0.610. The Morgan fingerprint density at radius 1 is 1.29 bits per heavy atom. The molecule has 1 amide bonds. The van der Waals surface area contributed by atoms with Gasteiger partial charge in [0.05, 0.1) is 6.10 Å². The molecule has 0 spiro atoms. The summed E-state index contributed by atoms with van der Waals surface area (Å²) in [6.45, 7) is 5.53. The Kier molecular flexibility index (Phi) is 3.73. The first-order chi connectivity index (χ1) is 7.99. The zero-order valence-electron chi connectivity index (χ0n) is 10.8. The van der Waals surface area contributed by atoms with Gasteiger partial charge >= 0.3 is 0 Å². The lowest BCUT2D eigenvalue weighted by atomic mass is 9.72. The predicted octanol–water partition coefficient (Wildman–Crippen LogP) is 0.589. The summed E-state index contributed by atoms with van der Waals surface area (Å²) in [4.78, 5) is 14.2. The summed E-state index contributed by atoms with van der Waals surface area (Å²) in [6.07, 6.45) is 2.22. The van der Waals surface area contributed by atoms with Crippen molar-refractivity contribution < 1.29 is 9.90 Å². The van der Waals surface area contributed by atoms with Gasteiger partial charge in [0.2, 0.25) is 5.91 Å². The first kappa shape index (κ1) is 12.8. The number of carbonyl (C=O) groups is 1. The van der Waals surface area contributed by atoms with Gasteiger partial charge in [0, 0.05) is 25.0 Å². The maximum atomic E-state index is 12.4. The van der Waals surface area contributed by atoms with Crippen molar-refractivity contribution in [3.8, 4) is 0 Å². The van der Waals surface area contributed by atoms with Crippen LogP contribution in [0.4, 0.5) is 0 Å². The number of β-amino-alcohol motifs (C(OH)–C–C–N with tert-alkyl or cyclic N) is 1. The second kappa shape index (κ2) is 4.94. The van der Waals surface area contributed by atoms with Crippen LogP contribution >= 0.6 is 0 Å². The van der Waals surface area contributed by atoms with Crippen molar-refractivity contribution in [3.63, 3.8) is 0 Å². The molecule has 0 aromatic rings. The number of amides is 1. The molecule has 2 fully saturated rings. The van der Waals surface area contributed by atoms with E-state index in [2.05, 4.69) is 13.8 Å². The van der Waals surface area contributed by atoms with Crippen molar-refractivity contribution >= 4 is 5.91 Å². The molecule has 0 bridgehead atoms. The summed E-state index contributed by atoms with van der Waals surface area (Å²) >= 11 is 0. The van der Waals surface area contributed by atoms with Gasteiger partial charge in [-0.25, -0.2) is 0 Å². The summed E-state index contributed by atoms with van der Waals surface area (Å²) in [7, 11) is 0. The average Bonchev–Trinajstić information content (AvgIpc) is 2.69. The molecule has 17 heavy (non-hydrogen) atoms. The van der Waals surface area contributed by atoms with Crippen molar-refractivity contribution in [2.45, 2.75) is 45.3 Å². The Morgan fingerprint density at radius 3 is 2.59 bits per heavy atom. The van der Waals surface area contributed by atoms with Crippen molar-refractivity contribution in [2.24, 2.45) is 23.5 Å². The maximum absolute atomic E-state index is 12.4. The topological polar surface area (TPSA) is 66.6 Å². The third-order valence-corrected chi connectivity index (χ3v) is 4.48. The molecule has 0 aromatic heterocycles. The van der Waals surface area contributed by atoms with E-state index >= 15 is 0 Å². The van der Waals surface area contributed by atoms with Crippen LogP contribution in [-0.4, -0.2) is 41.1 Å². The zero-order valence-corrected chi connectivity index (χ0v) is 10.8. The number of hydrogen-bond donors (Lipinski definition) is 2. The van der Waals surface area contributed by atoms with E-state index in [4.69, 9.17) is 5.73 Å². The van der Waals surface area contributed by atoms with Gasteiger partial charge in [0.15, 0.2) is 0 Å².